The van der Waals surface area contributed by atoms with Gasteiger partial charge in [-0.1, -0.05) is 11.6 Å². The molecule has 1 fully saturated rings. The average Bonchev–Trinajstić information content (AvgIpc) is 3.08. The number of halogens is 1. The third kappa shape index (κ3) is 4.09. The van der Waals surface area contributed by atoms with Gasteiger partial charge in [-0.2, -0.15) is 0 Å². The number of methoxy groups -OCH3 is 1. The standard InChI is InChI=1S/C18H18ClN5O4/c1-28-15-5-2-10(8-14(15)23-17(20)26)22-16(25)12-9-11(3-4-13(12)19)24-7-6-21-18(24)27/h2-5,8-9H,6-7H2,1H3,(H,21,27)(H,22,25)(H3,20,23,26). The summed E-state index contributed by atoms with van der Waals surface area (Å²) in [6, 6.07) is 8.48. The molecular weight excluding hydrogens is 386 g/mol. The van der Waals surface area contributed by atoms with Crippen molar-refractivity contribution in [3.63, 3.8) is 0 Å². The van der Waals surface area contributed by atoms with Gasteiger partial charge in [-0.25, -0.2) is 9.59 Å². The molecule has 2 aromatic carbocycles. The second-order valence-electron chi connectivity index (χ2n) is 5.91. The lowest BCUT2D eigenvalue weighted by Gasteiger charge is -2.16. The van der Waals surface area contributed by atoms with Crippen LogP contribution in [0.2, 0.25) is 5.02 Å². The van der Waals surface area contributed by atoms with E-state index in [2.05, 4.69) is 16.0 Å². The summed E-state index contributed by atoms with van der Waals surface area (Å²) in [5, 5.41) is 8.07. The van der Waals surface area contributed by atoms with Crippen LogP contribution < -0.4 is 31.3 Å². The highest BCUT2D eigenvalue weighted by molar-refractivity contribution is 6.34. The van der Waals surface area contributed by atoms with E-state index in [1.807, 2.05) is 0 Å². The summed E-state index contributed by atoms with van der Waals surface area (Å²) in [7, 11) is 1.44. The van der Waals surface area contributed by atoms with E-state index in [1.54, 1.807) is 30.3 Å². The molecular formula is C18H18ClN5O4. The van der Waals surface area contributed by atoms with Gasteiger partial charge in [0.25, 0.3) is 5.91 Å². The van der Waals surface area contributed by atoms with Crippen molar-refractivity contribution in [2.45, 2.75) is 0 Å². The molecule has 0 bridgehead atoms. The van der Waals surface area contributed by atoms with Crippen LogP contribution in [0.1, 0.15) is 10.4 Å². The molecule has 0 radical (unpaired) electrons. The third-order valence-electron chi connectivity index (χ3n) is 4.08. The number of ether oxygens (including phenoxy) is 1. The zero-order valence-corrected chi connectivity index (χ0v) is 15.7. The van der Waals surface area contributed by atoms with E-state index in [1.165, 1.54) is 18.1 Å². The largest absolute Gasteiger partial charge is 0.495 e. The van der Waals surface area contributed by atoms with Crippen molar-refractivity contribution in [1.29, 1.82) is 0 Å². The minimum Gasteiger partial charge on any atom is -0.495 e. The van der Waals surface area contributed by atoms with Gasteiger partial charge in [-0.05, 0) is 36.4 Å². The summed E-state index contributed by atoms with van der Waals surface area (Å²) in [4.78, 5) is 37.2. The van der Waals surface area contributed by atoms with Crippen molar-refractivity contribution in [3.8, 4) is 5.75 Å². The summed E-state index contributed by atoms with van der Waals surface area (Å²) in [5.41, 5.74) is 6.63. The molecule has 0 unspecified atom stereocenters. The van der Waals surface area contributed by atoms with Crippen molar-refractivity contribution >= 4 is 46.6 Å². The van der Waals surface area contributed by atoms with Crippen molar-refractivity contribution in [3.05, 3.63) is 47.0 Å². The van der Waals surface area contributed by atoms with E-state index in [0.717, 1.165) is 0 Å². The number of carbonyl (C=O) groups is 3. The smallest absolute Gasteiger partial charge is 0.321 e. The Labute approximate surface area is 165 Å². The van der Waals surface area contributed by atoms with Gasteiger partial charge in [0.05, 0.1) is 23.4 Å². The van der Waals surface area contributed by atoms with Crippen LogP contribution in [0.15, 0.2) is 36.4 Å². The SMILES string of the molecule is COc1ccc(NC(=O)c2cc(N3CCNC3=O)ccc2Cl)cc1NC(N)=O. The highest BCUT2D eigenvalue weighted by Gasteiger charge is 2.23. The molecule has 0 saturated carbocycles. The second kappa shape index (κ2) is 8.05. The maximum Gasteiger partial charge on any atom is 0.321 e. The molecule has 5 N–H and O–H groups in total. The zero-order valence-electron chi connectivity index (χ0n) is 14.9. The molecule has 1 aliphatic rings. The molecule has 1 saturated heterocycles. The van der Waals surface area contributed by atoms with E-state index in [4.69, 9.17) is 22.1 Å². The van der Waals surface area contributed by atoms with Crippen LogP contribution >= 0.6 is 11.6 Å². The number of amides is 5. The van der Waals surface area contributed by atoms with Crippen molar-refractivity contribution < 1.29 is 19.1 Å². The number of nitrogens with one attached hydrogen (secondary N) is 3. The topological polar surface area (TPSA) is 126 Å². The Bertz CT molecular complexity index is 950. The van der Waals surface area contributed by atoms with Crippen LogP contribution in [0.25, 0.3) is 0 Å². The van der Waals surface area contributed by atoms with Gasteiger partial charge in [-0.15, -0.1) is 0 Å². The highest BCUT2D eigenvalue weighted by atomic mass is 35.5. The number of carbonyl (C=O) groups excluding carboxylic acids is 3. The number of rotatable bonds is 5. The second-order valence-corrected chi connectivity index (χ2v) is 6.31. The Morgan fingerprint density at radius 2 is 2.00 bits per heavy atom. The zero-order chi connectivity index (χ0) is 20.3. The number of urea groups is 2. The van der Waals surface area contributed by atoms with Crippen LogP contribution in [-0.2, 0) is 0 Å². The number of nitrogens with zero attached hydrogens (tertiary/aromatic N) is 1. The molecule has 2 aromatic rings. The molecule has 0 spiro atoms. The van der Waals surface area contributed by atoms with Gasteiger partial charge in [0.2, 0.25) is 0 Å². The first-order valence-electron chi connectivity index (χ1n) is 8.30. The van der Waals surface area contributed by atoms with E-state index >= 15 is 0 Å². The number of benzene rings is 2. The fourth-order valence-electron chi connectivity index (χ4n) is 2.79. The lowest BCUT2D eigenvalue weighted by molar-refractivity contribution is 0.102. The van der Waals surface area contributed by atoms with Gasteiger partial charge >= 0.3 is 12.1 Å². The molecule has 5 amide bonds. The Morgan fingerprint density at radius 3 is 2.64 bits per heavy atom. The molecule has 146 valence electrons. The molecule has 0 aromatic heterocycles. The first-order valence-corrected chi connectivity index (χ1v) is 8.67. The molecule has 1 aliphatic heterocycles. The van der Waals surface area contributed by atoms with E-state index in [9.17, 15) is 14.4 Å². The fraction of sp³-hybridized carbons (Fsp3) is 0.167. The summed E-state index contributed by atoms with van der Waals surface area (Å²) < 4.78 is 5.15. The van der Waals surface area contributed by atoms with Crippen LogP contribution in [-0.4, -0.2) is 38.2 Å². The van der Waals surface area contributed by atoms with Gasteiger partial charge in [0, 0.05) is 24.5 Å². The number of primary amides is 1. The number of anilines is 3. The quantitative estimate of drug-likeness (QED) is 0.612. The first kappa shape index (κ1) is 19.3. The molecule has 9 nitrogen and oxygen atoms in total. The Balaban J connectivity index is 1.85. The maximum absolute atomic E-state index is 12.7. The number of hydrogen-bond acceptors (Lipinski definition) is 4. The maximum atomic E-state index is 12.7. The Morgan fingerprint density at radius 1 is 1.21 bits per heavy atom. The van der Waals surface area contributed by atoms with Crippen molar-refractivity contribution in [2.75, 3.05) is 35.7 Å². The van der Waals surface area contributed by atoms with E-state index in [-0.39, 0.29) is 16.6 Å². The minimum atomic E-state index is -0.763. The lowest BCUT2D eigenvalue weighted by Crippen LogP contribution is -2.28. The molecule has 0 aliphatic carbocycles. The third-order valence-corrected chi connectivity index (χ3v) is 4.41. The predicted molar refractivity (Wildman–Crippen MR) is 106 cm³/mol. The summed E-state index contributed by atoms with van der Waals surface area (Å²) in [6.07, 6.45) is 0. The average molecular weight is 404 g/mol. The molecule has 3 rings (SSSR count). The highest BCUT2D eigenvalue weighted by Crippen LogP contribution is 2.29. The Kier molecular flexibility index (Phi) is 5.55. The summed E-state index contributed by atoms with van der Waals surface area (Å²) in [6.45, 7) is 1.03. The van der Waals surface area contributed by atoms with Gasteiger partial charge in [0.1, 0.15) is 5.75 Å². The van der Waals surface area contributed by atoms with Gasteiger partial charge in [-0.3, -0.25) is 9.69 Å². The van der Waals surface area contributed by atoms with Gasteiger partial charge < -0.3 is 26.4 Å². The van der Waals surface area contributed by atoms with Crippen molar-refractivity contribution in [2.24, 2.45) is 5.73 Å². The van der Waals surface area contributed by atoms with Crippen LogP contribution in [0.3, 0.4) is 0 Å². The normalized spacial score (nSPS) is 13.1. The fourth-order valence-corrected chi connectivity index (χ4v) is 2.99. The van der Waals surface area contributed by atoms with E-state index in [0.29, 0.717) is 35.9 Å². The van der Waals surface area contributed by atoms with Crippen molar-refractivity contribution in [1.82, 2.24) is 5.32 Å². The Hall–Kier alpha value is -3.46. The van der Waals surface area contributed by atoms with E-state index < -0.39 is 11.9 Å². The molecule has 28 heavy (non-hydrogen) atoms. The lowest BCUT2D eigenvalue weighted by atomic mass is 10.1. The van der Waals surface area contributed by atoms with Crippen LogP contribution in [0.5, 0.6) is 5.75 Å². The van der Waals surface area contributed by atoms with Crippen LogP contribution in [0.4, 0.5) is 26.7 Å². The first-order chi connectivity index (χ1) is 13.4. The number of hydrogen-bond donors (Lipinski definition) is 4. The number of nitrogens with two attached hydrogens (primary N) is 1. The summed E-state index contributed by atoms with van der Waals surface area (Å²) in [5.74, 6) is -0.0847. The molecule has 0 atom stereocenters. The van der Waals surface area contributed by atoms with Gasteiger partial charge in [0.15, 0.2) is 0 Å². The monoisotopic (exact) mass is 403 g/mol. The minimum absolute atomic E-state index is 0.207. The summed E-state index contributed by atoms with van der Waals surface area (Å²) >= 11 is 6.17. The predicted octanol–water partition coefficient (Wildman–Crippen LogP) is 2.62. The van der Waals surface area contributed by atoms with Crippen LogP contribution in [0, 0.1) is 0 Å². The molecule has 1 heterocycles. The molecule has 10 heteroatoms.